The second-order valence-electron chi connectivity index (χ2n) is 6.71. The fourth-order valence-electron chi connectivity index (χ4n) is 3.56. The van der Waals surface area contributed by atoms with Crippen molar-refractivity contribution in [1.82, 2.24) is 9.88 Å². The summed E-state index contributed by atoms with van der Waals surface area (Å²) in [7, 11) is 1.99. The normalized spacial score (nSPS) is 17.1. The average molecular weight is 342 g/mol. The van der Waals surface area contributed by atoms with Gasteiger partial charge in [-0.1, -0.05) is 12.1 Å². The Hall–Kier alpha value is -2.70. The molecule has 2 heterocycles. The molecule has 132 valence electrons. The van der Waals surface area contributed by atoms with Crippen LogP contribution in [0.2, 0.25) is 0 Å². The number of hydrogen-bond acceptors (Lipinski definition) is 5. The molecule has 7 heteroatoms. The molecule has 1 aliphatic rings. The second-order valence-corrected chi connectivity index (χ2v) is 6.71. The lowest BCUT2D eigenvalue weighted by Gasteiger charge is -2.25. The molecule has 1 unspecified atom stereocenters. The van der Waals surface area contributed by atoms with E-state index >= 15 is 0 Å². The number of fused-ring (bicyclic) bond motifs is 1. The van der Waals surface area contributed by atoms with Gasteiger partial charge in [-0.25, -0.2) is 4.98 Å². The lowest BCUT2D eigenvalue weighted by molar-refractivity contribution is -0.383. The van der Waals surface area contributed by atoms with Gasteiger partial charge in [-0.2, -0.15) is 0 Å². The van der Waals surface area contributed by atoms with Gasteiger partial charge in [0.15, 0.2) is 5.52 Å². The molecule has 0 bridgehead atoms. The van der Waals surface area contributed by atoms with E-state index in [9.17, 15) is 14.9 Å². The van der Waals surface area contributed by atoms with E-state index in [0.717, 1.165) is 42.8 Å². The van der Waals surface area contributed by atoms with Crippen molar-refractivity contribution in [2.45, 2.75) is 20.3 Å². The monoisotopic (exact) mass is 342 g/mol. The first kappa shape index (κ1) is 17.1. The Balaban J connectivity index is 1.91. The van der Waals surface area contributed by atoms with Gasteiger partial charge in [0.1, 0.15) is 0 Å². The van der Waals surface area contributed by atoms with Crippen LogP contribution in [-0.4, -0.2) is 47.4 Å². The molecule has 0 N–H and O–H groups in total. The van der Waals surface area contributed by atoms with Crippen molar-refractivity contribution in [3.05, 3.63) is 40.1 Å². The summed E-state index contributed by atoms with van der Waals surface area (Å²) in [6.45, 7) is 5.81. The number of carbonyl (C=O) groups is 1. The highest BCUT2D eigenvalue weighted by Gasteiger charge is 2.26. The lowest BCUT2D eigenvalue weighted by Crippen LogP contribution is -2.30. The van der Waals surface area contributed by atoms with Crippen LogP contribution in [0, 0.1) is 23.0 Å². The van der Waals surface area contributed by atoms with Gasteiger partial charge in [-0.05, 0) is 25.3 Å². The van der Waals surface area contributed by atoms with Crippen molar-refractivity contribution in [3.8, 4) is 0 Å². The van der Waals surface area contributed by atoms with Crippen LogP contribution >= 0.6 is 0 Å². The number of aromatic nitrogens is 1. The van der Waals surface area contributed by atoms with Gasteiger partial charge in [0.2, 0.25) is 5.91 Å². The number of aryl methyl sites for hydroxylation is 1. The first-order chi connectivity index (χ1) is 11.9. The summed E-state index contributed by atoms with van der Waals surface area (Å²) in [6, 6.07) is 7.02. The van der Waals surface area contributed by atoms with Gasteiger partial charge in [-0.3, -0.25) is 14.9 Å². The topological polar surface area (TPSA) is 79.6 Å². The zero-order chi connectivity index (χ0) is 18.1. The molecule has 1 saturated heterocycles. The van der Waals surface area contributed by atoms with E-state index in [4.69, 9.17) is 0 Å². The summed E-state index contributed by atoms with van der Waals surface area (Å²) in [5.41, 5.74) is 2.14. The van der Waals surface area contributed by atoms with Crippen LogP contribution in [0.4, 0.5) is 11.4 Å². The number of nitro benzene ring substituents is 1. The number of nitrogens with zero attached hydrogens (tertiary/aromatic N) is 4. The van der Waals surface area contributed by atoms with E-state index in [1.807, 2.05) is 31.0 Å². The second kappa shape index (κ2) is 6.66. The van der Waals surface area contributed by atoms with Crippen LogP contribution < -0.4 is 4.90 Å². The molecule has 1 aromatic carbocycles. The van der Waals surface area contributed by atoms with Crippen molar-refractivity contribution >= 4 is 28.2 Å². The highest BCUT2D eigenvalue weighted by atomic mass is 16.6. The van der Waals surface area contributed by atoms with Crippen LogP contribution in [0.3, 0.4) is 0 Å². The maximum Gasteiger partial charge on any atom is 0.295 e. The van der Waals surface area contributed by atoms with Gasteiger partial charge in [0, 0.05) is 56.4 Å². The van der Waals surface area contributed by atoms with E-state index in [2.05, 4.69) is 9.88 Å². The third-order valence-corrected chi connectivity index (χ3v) is 4.80. The number of nitro groups is 1. The summed E-state index contributed by atoms with van der Waals surface area (Å²) in [6.07, 6.45) is 0.978. The molecule has 1 atom stereocenters. The fourth-order valence-corrected chi connectivity index (χ4v) is 3.56. The van der Waals surface area contributed by atoms with Crippen molar-refractivity contribution in [2.24, 2.45) is 5.92 Å². The fraction of sp³-hybridized carbons (Fsp3) is 0.444. The first-order valence-corrected chi connectivity index (χ1v) is 8.38. The Kier molecular flexibility index (Phi) is 4.57. The zero-order valence-corrected chi connectivity index (χ0v) is 14.7. The van der Waals surface area contributed by atoms with E-state index in [1.54, 1.807) is 13.0 Å². The SMILES string of the molecule is CC(=O)N1CCC(CN(C)c2cc(C)nc3c([N+](=O)[O-])cccc23)C1. The molecule has 3 rings (SSSR count). The number of carbonyl (C=O) groups excluding carboxylic acids is 1. The highest BCUT2D eigenvalue weighted by molar-refractivity contribution is 5.97. The number of likely N-dealkylation sites (tertiary alicyclic amines) is 1. The van der Waals surface area contributed by atoms with E-state index in [0.29, 0.717) is 11.4 Å². The number of amides is 1. The molecular weight excluding hydrogens is 320 g/mol. The Bertz CT molecular complexity index is 836. The number of benzene rings is 1. The molecule has 1 fully saturated rings. The molecular formula is C18H22N4O3. The maximum absolute atomic E-state index is 11.5. The Morgan fingerprint density at radius 2 is 2.24 bits per heavy atom. The molecule has 0 spiro atoms. The standard InChI is InChI=1S/C18H22N4O3/c1-12-9-17(15-5-4-6-16(22(24)25)18(15)19-12)20(3)10-14-7-8-21(11-14)13(2)23/h4-6,9,14H,7-8,10-11H2,1-3H3. The van der Waals surface area contributed by atoms with E-state index in [-0.39, 0.29) is 16.5 Å². The molecule has 0 radical (unpaired) electrons. The third kappa shape index (κ3) is 3.40. The van der Waals surface area contributed by atoms with Gasteiger partial charge < -0.3 is 9.80 Å². The summed E-state index contributed by atoms with van der Waals surface area (Å²) >= 11 is 0. The number of para-hydroxylation sites is 1. The van der Waals surface area contributed by atoms with Crippen LogP contribution in [-0.2, 0) is 4.79 Å². The molecule has 1 aliphatic heterocycles. The minimum absolute atomic E-state index is 0.0273. The average Bonchev–Trinajstić information content (AvgIpc) is 3.02. The van der Waals surface area contributed by atoms with E-state index in [1.165, 1.54) is 6.07 Å². The maximum atomic E-state index is 11.5. The smallest absolute Gasteiger partial charge is 0.295 e. The number of non-ortho nitro benzene ring substituents is 1. The Labute approximate surface area is 146 Å². The minimum Gasteiger partial charge on any atom is -0.374 e. The molecule has 1 amide bonds. The van der Waals surface area contributed by atoms with Crippen LogP contribution in [0.15, 0.2) is 24.3 Å². The van der Waals surface area contributed by atoms with Crippen LogP contribution in [0.25, 0.3) is 10.9 Å². The Morgan fingerprint density at radius 1 is 1.48 bits per heavy atom. The van der Waals surface area contributed by atoms with Crippen LogP contribution in [0.1, 0.15) is 19.0 Å². The van der Waals surface area contributed by atoms with Crippen molar-refractivity contribution in [2.75, 3.05) is 31.6 Å². The predicted octanol–water partition coefficient (Wildman–Crippen LogP) is 2.76. The molecule has 2 aromatic rings. The number of rotatable bonds is 4. The molecule has 25 heavy (non-hydrogen) atoms. The van der Waals surface area contributed by atoms with E-state index < -0.39 is 0 Å². The number of pyridine rings is 1. The minimum atomic E-state index is -0.389. The third-order valence-electron chi connectivity index (χ3n) is 4.80. The van der Waals surface area contributed by atoms with Crippen molar-refractivity contribution in [1.29, 1.82) is 0 Å². The predicted molar refractivity (Wildman–Crippen MR) is 96.8 cm³/mol. The summed E-state index contributed by atoms with van der Waals surface area (Å²) in [4.78, 5) is 30.8. The number of hydrogen-bond donors (Lipinski definition) is 0. The summed E-state index contributed by atoms with van der Waals surface area (Å²) in [5, 5.41) is 12.1. The molecule has 1 aromatic heterocycles. The van der Waals surface area contributed by atoms with Gasteiger partial charge in [0.25, 0.3) is 5.69 Å². The molecule has 0 saturated carbocycles. The zero-order valence-electron chi connectivity index (χ0n) is 14.7. The summed E-state index contributed by atoms with van der Waals surface area (Å²) < 4.78 is 0. The molecule has 0 aliphatic carbocycles. The van der Waals surface area contributed by atoms with Crippen LogP contribution in [0.5, 0.6) is 0 Å². The quantitative estimate of drug-likeness (QED) is 0.630. The Morgan fingerprint density at radius 3 is 2.88 bits per heavy atom. The summed E-state index contributed by atoms with van der Waals surface area (Å²) in [5.74, 6) is 0.516. The lowest BCUT2D eigenvalue weighted by atomic mass is 10.1. The van der Waals surface area contributed by atoms with Crippen molar-refractivity contribution in [3.63, 3.8) is 0 Å². The van der Waals surface area contributed by atoms with Gasteiger partial charge in [0.05, 0.1) is 4.92 Å². The largest absolute Gasteiger partial charge is 0.374 e. The highest BCUT2D eigenvalue weighted by Crippen LogP contribution is 2.32. The van der Waals surface area contributed by atoms with Gasteiger partial charge >= 0.3 is 0 Å². The first-order valence-electron chi connectivity index (χ1n) is 8.38. The molecule has 7 nitrogen and oxygen atoms in total. The van der Waals surface area contributed by atoms with Crippen molar-refractivity contribution < 1.29 is 9.72 Å². The van der Waals surface area contributed by atoms with Gasteiger partial charge in [-0.15, -0.1) is 0 Å². The number of anilines is 1.